The van der Waals surface area contributed by atoms with Crippen molar-refractivity contribution in [2.75, 3.05) is 5.73 Å². The summed E-state index contributed by atoms with van der Waals surface area (Å²) in [6, 6.07) is 0. The molecule has 7 heteroatoms. The molecule has 0 bridgehead atoms. The quantitative estimate of drug-likeness (QED) is 0.419. The van der Waals surface area contributed by atoms with Gasteiger partial charge in [0, 0.05) is 5.95 Å². The van der Waals surface area contributed by atoms with Gasteiger partial charge in [0.15, 0.2) is 0 Å². The van der Waals surface area contributed by atoms with Gasteiger partial charge in [-0.1, -0.05) is 23.2 Å². The molecule has 0 radical (unpaired) electrons. The van der Waals surface area contributed by atoms with Crippen LogP contribution in [-0.2, 0) is 0 Å². The van der Waals surface area contributed by atoms with Gasteiger partial charge in [-0.25, -0.2) is 4.39 Å². The Hall–Kier alpha value is 0.896. The molecule has 2 N–H and O–H groups in total. The first-order chi connectivity index (χ1) is 5.04. The van der Waals surface area contributed by atoms with Crippen LogP contribution in [0.15, 0.2) is 4.79 Å². The Kier molecular flexibility index (Phi) is 5.32. The molecule has 12 heavy (non-hydrogen) atoms. The van der Waals surface area contributed by atoms with Crippen molar-refractivity contribution in [3.05, 3.63) is 26.3 Å². The molecule has 1 aromatic rings. The minimum Gasteiger partial charge on any atom is -0.596 e. The molecule has 0 saturated carbocycles. The summed E-state index contributed by atoms with van der Waals surface area (Å²) in [6.45, 7) is 0. The maximum atomic E-state index is 12.4. The van der Waals surface area contributed by atoms with E-state index in [1.54, 1.807) is 0 Å². The molecule has 0 spiro atoms. The van der Waals surface area contributed by atoms with Gasteiger partial charge in [0.2, 0.25) is 0 Å². The Balaban J connectivity index is 0.00000121. The number of anilines is 1. The zero-order valence-electron chi connectivity index (χ0n) is 6.07. The summed E-state index contributed by atoms with van der Waals surface area (Å²) < 4.78 is 12.4. The summed E-state index contributed by atoms with van der Waals surface area (Å²) in [4.78, 5) is 13.5. The van der Waals surface area contributed by atoms with E-state index in [-0.39, 0.29) is 62.1 Å². The summed E-state index contributed by atoms with van der Waals surface area (Å²) in [5, 5.41) is -0.772. The monoisotopic (exact) mass is 234 g/mol. The van der Waals surface area contributed by atoms with Crippen LogP contribution in [0.4, 0.5) is 10.1 Å². The van der Waals surface area contributed by atoms with Gasteiger partial charge in [-0.05, 0) is 0 Å². The van der Waals surface area contributed by atoms with Crippen molar-refractivity contribution in [2.24, 2.45) is 0 Å². The molecule has 1 aromatic heterocycles. The number of rotatable bonds is 0. The van der Waals surface area contributed by atoms with E-state index in [4.69, 9.17) is 28.9 Å². The Morgan fingerprint density at radius 1 is 1.33 bits per heavy atom. The van der Waals surface area contributed by atoms with Gasteiger partial charge in [0.25, 0.3) is 0 Å². The van der Waals surface area contributed by atoms with Crippen molar-refractivity contribution in [3.8, 4) is 0 Å². The Labute approximate surface area is 120 Å². The van der Waals surface area contributed by atoms with E-state index in [0.29, 0.717) is 0 Å². The second-order valence-corrected chi connectivity index (χ2v) is 2.51. The molecule has 0 saturated heterocycles. The largest absolute Gasteiger partial charge is 1.00 e. The minimum absolute atomic E-state index is 0. The second-order valence-electron chi connectivity index (χ2n) is 1.75. The maximum Gasteiger partial charge on any atom is 1.00 e. The number of halogens is 3. The van der Waals surface area contributed by atoms with Gasteiger partial charge in [-0.3, -0.25) is 0 Å². The van der Waals surface area contributed by atoms with E-state index in [1.165, 1.54) is 0 Å². The Morgan fingerprint density at radius 3 is 2.33 bits per heavy atom. The summed E-state index contributed by atoms with van der Waals surface area (Å²) in [6.07, 6.45) is 0. The number of aromatic nitrogens is 1. The van der Waals surface area contributed by atoms with Gasteiger partial charge >= 0.3 is 51.4 Å². The Bertz CT molecular complexity index is 354. The second kappa shape index (κ2) is 4.95. The van der Waals surface area contributed by atoms with Crippen LogP contribution in [0, 0.1) is 5.95 Å². The molecular weight excluding hydrogens is 233 g/mol. The third-order valence-electron chi connectivity index (χ3n) is 1.04. The van der Waals surface area contributed by atoms with Crippen LogP contribution in [0.2, 0.25) is 10.0 Å². The van der Waals surface area contributed by atoms with E-state index in [2.05, 4.69) is 4.98 Å². The van der Waals surface area contributed by atoms with E-state index >= 15 is 0 Å². The smallest absolute Gasteiger partial charge is 0.596 e. The van der Waals surface area contributed by atoms with E-state index in [1.807, 2.05) is 0 Å². The average Bonchev–Trinajstić information content (AvgIpc) is 1.97. The molecule has 0 aromatic carbocycles. The molecule has 0 aliphatic heterocycles. The molecular formula is C5H2Cl2FKN2O. The Morgan fingerprint density at radius 2 is 1.83 bits per heavy atom. The minimum atomic E-state index is -1.10. The standard InChI is InChI=1S/C5H3Cl2FN2O.K/c6-1-3(9)2(7)5(11)10-4(1)8;/h(H3,9,10,11);/q;+1/p-1. The zero-order chi connectivity index (χ0) is 8.59. The van der Waals surface area contributed by atoms with Crippen molar-refractivity contribution >= 4 is 28.9 Å². The maximum absolute atomic E-state index is 12.4. The molecule has 0 fully saturated rings. The van der Waals surface area contributed by atoms with Crippen LogP contribution in [0.1, 0.15) is 0 Å². The van der Waals surface area contributed by atoms with Crippen molar-refractivity contribution in [3.63, 3.8) is 0 Å². The number of nitrogens with two attached hydrogens (primary N) is 1. The number of hydrogen-bond donors (Lipinski definition) is 1. The SMILES string of the molecule is Nc1c(Cl)c(F)[n-]c(=O)c1Cl.[K+]. The van der Waals surface area contributed by atoms with E-state index < -0.39 is 16.5 Å². The van der Waals surface area contributed by atoms with Crippen molar-refractivity contribution < 1.29 is 55.8 Å². The fourth-order valence-corrected chi connectivity index (χ4v) is 0.832. The van der Waals surface area contributed by atoms with Gasteiger partial charge in [0.05, 0.1) is 15.7 Å². The molecule has 1 heterocycles. The molecule has 0 aliphatic rings. The fraction of sp³-hybridized carbons (Fsp3) is 0. The predicted octanol–water partition coefficient (Wildman–Crippen LogP) is -1.96. The number of nitrogen functional groups attached to an aromatic ring is 1. The van der Waals surface area contributed by atoms with Crippen LogP contribution in [0.5, 0.6) is 0 Å². The molecule has 1 rings (SSSR count). The number of nitrogens with zero attached hydrogens (tertiary/aromatic N) is 1. The van der Waals surface area contributed by atoms with Crippen LogP contribution in [0.3, 0.4) is 0 Å². The van der Waals surface area contributed by atoms with Gasteiger partial charge in [-0.2, -0.15) is 0 Å². The topological polar surface area (TPSA) is 57.2 Å². The molecule has 0 unspecified atom stereocenters. The van der Waals surface area contributed by atoms with Crippen LogP contribution >= 0.6 is 23.2 Å². The third kappa shape index (κ3) is 2.44. The number of hydrogen-bond acceptors (Lipinski definition) is 2. The van der Waals surface area contributed by atoms with Crippen molar-refractivity contribution in [1.82, 2.24) is 4.98 Å². The van der Waals surface area contributed by atoms with E-state index in [0.717, 1.165) is 0 Å². The van der Waals surface area contributed by atoms with Crippen LogP contribution < -0.4 is 67.7 Å². The van der Waals surface area contributed by atoms with Gasteiger partial charge in [-0.15, -0.1) is 0 Å². The first-order valence-corrected chi connectivity index (χ1v) is 3.26. The number of pyridine rings is 1. The summed E-state index contributed by atoms with van der Waals surface area (Å²) in [7, 11) is 0. The van der Waals surface area contributed by atoms with Gasteiger partial charge < -0.3 is 15.5 Å². The summed E-state index contributed by atoms with van der Waals surface area (Å²) >= 11 is 10.6. The van der Waals surface area contributed by atoms with Crippen LogP contribution in [-0.4, -0.2) is 0 Å². The van der Waals surface area contributed by atoms with Crippen molar-refractivity contribution in [1.29, 1.82) is 0 Å². The van der Waals surface area contributed by atoms with Crippen molar-refractivity contribution in [2.45, 2.75) is 0 Å². The first-order valence-electron chi connectivity index (χ1n) is 2.51. The van der Waals surface area contributed by atoms with E-state index in [9.17, 15) is 9.18 Å². The van der Waals surface area contributed by atoms with Crippen LogP contribution in [0.25, 0.3) is 0 Å². The molecule has 0 aliphatic carbocycles. The zero-order valence-corrected chi connectivity index (χ0v) is 10.7. The normalized spacial score (nSPS) is 9.25. The predicted molar refractivity (Wildman–Crippen MR) is 40.4 cm³/mol. The van der Waals surface area contributed by atoms with Gasteiger partial charge in [0.1, 0.15) is 5.56 Å². The summed E-state index contributed by atoms with van der Waals surface area (Å²) in [5.74, 6) is -1.10. The molecule has 3 nitrogen and oxygen atoms in total. The molecule has 60 valence electrons. The third-order valence-corrected chi connectivity index (χ3v) is 1.77. The first kappa shape index (κ1) is 12.9. The average molecular weight is 235 g/mol. The summed E-state index contributed by atoms with van der Waals surface area (Å²) in [5.41, 5.74) is 3.96. The molecule has 0 amide bonds. The fourth-order valence-electron chi connectivity index (χ4n) is 0.510. The molecule has 0 atom stereocenters.